The summed E-state index contributed by atoms with van der Waals surface area (Å²) >= 11 is 9.27. The molecule has 0 heterocycles. The molecular weight excluding hydrogens is 394 g/mol. The first-order chi connectivity index (χ1) is 11.2. The average Bonchev–Trinajstić information content (AvgIpc) is 2.49. The fourth-order valence-corrected chi connectivity index (χ4v) is 2.74. The lowest BCUT2D eigenvalue weighted by Crippen LogP contribution is -2.29. The molecule has 128 valence electrons. The number of aliphatic hydroxyl groups is 1. The van der Waals surface area contributed by atoms with E-state index in [1.54, 1.807) is 13.0 Å². The maximum Gasteiger partial charge on any atom is 0.140 e. The maximum absolute atomic E-state index is 10.7. The lowest BCUT2D eigenvalue weighted by atomic mass is 9.91. The van der Waals surface area contributed by atoms with Crippen LogP contribution >= 0.6 is 27.5 Å². The van der Waals surface area contributed by atoms with E-state index in [0.29, 0.717) is 16.4 Å². The van der Waals surface area contributed by atoms with Crippen LogP contribution in [0.25, 0.3) is 0 Å². The molecule has 5 nitrogen and oxygen atoms in total. The van der Waals surface area contributed by atoms with Crippen LogP contribution in [-0.2, 0) is 5.60 Å². The van der Waals surface area contributed by atoms with Crippen molar-refractivity contribution in [1.29, 1.82) is 0 Å². The summed E-state index contributed by atoms with van der Waals surface area (Å²) in [6, 6.07) is 11.9. The number of anilines is 1. The minimum atomic E-state index is -1.15. The molecule has 2 aromatic carbocycles. The standard InChI is InChI=1S/C17H19BrClN3O2/c1-17(24,11-2-4-12(18)5-3-11)9-14(20)10-22(21)15-8-13(19)6-7-16(15)23/h2-8,10,23-24H,9,20-21H2,1H3/b14-10-. The fraction of sp³-hybridized carbons (Fsp3) is 0.176. The van der Waals surface area contributed by atoms with E-state index < -0.39 is 5.60 Å². The highest BCUT2D eigenvalue weighted by molar-refractivity contribution is 9.10. The van der Waals surface area contributed by atoms with Gasteiger partial charge in [-0.15, -0.1) is 0 Å². The fourth-order valence-electron chi connectivity index (χ4n) is 2.31. The van der Waals surface area contributed by atoms with E-state index in [9.17, 15) is 10.2 Å². The smallest absolute Gasteiger partial charge is 0.140 e. The topological polar surface area (TPSA) is 95.7 Å². The molecule has 2 aromatic rings. The van der Waals surface area contributed by atoms with Gasteiger partial charge in [0.15, 0.2) is 0 Å². The summed E-state index contributed by atoms with van der Waals surface area (Å²) in [4.78, 5) is 0. The van der Waals surface area contributed by atoms with Crippen molar-refractivity contribution >= 4 is 33.2 Å². The van der Waals surface area contributed by atoms with Crippen LogP contribution in [0.15, 0.2) is 58.8 Å². The third-order valence-electron chi connectivity index (χ3n) is 3.54. The highest BCUT2D eigenvalue weighted by atomic mass is 79.9. The van der Waals surface area contributed by atoms with Crippen LogP contribution in [0.1, 0.15) is 18.9 Å². The number of nitrogens with two attached hydrogens (primary N) is 2. The third kappa shape index (κ3) is 4.64. The van der Waals surface area contributed by atoms with Crippen molar-refractivity contribution in [3.8, 4) is 5.75 Å². The molecular formula is C17H19BrClN3O2. The maximum atomic E-state index is 10.7. The Morgan fingerprint density at radius 2 is 1.92 bits per heavy atom. The Hall–Kier alpha value is -1.73. The number of benzene rings is 2. The summed E-state index contributed by atoms with van der Waals surface area (Å²) in [6.45, 7) is 1.68. The number of hydrogen-bond acceptors (Lipinski definition) is 5. The van der Waals surface area contributed by atoms with Gasteiger partial charge >= 0.3 is 0 Å². The summed E-state index contributed by atoms with van der Waals surface area (Å²) in [5.41, 5.74) is 6.25. The number of rotatable bonds is 5. The first kappa shape index (κ1) is 18.6. The van der Waals surface area contributed by atoms with Crippen molar-refractivity contribution < 1.29 is 10.2 Å². The van der Waals surface area contributed by atoms with Crippen LogP contribution in [-0.4, -0.2) is 10.2 Å². The molecule has 0 fully saturated rings. The zero-order valence-electron chi connectivity index (χ0n) is 13.1. The lowest BCUT2D eigenvalue weighted by Gasteiger charge is -2.25. The monoisotopic (exact) mass is 411 g/mol. The van der Waals surface area contributed by atoms with Crippen molar-refractivity contribution in [3.05, 3.63) is 69.4 Å². The van der Waals surface area contributed by atoms with Gasteiger partial charge in [-0.1, -0.05) is 39.7 Å². The second-order valence-electron chi connectivity index (χ2n) is 5.70. The largest absolute Gasteiger partial charge is 0.506 e. The minimum Gasteiger partial charge on any atom is -0.506 e. The molecule has 0 amide bonds. The zero-order valence-corrected chi connectivity index (χ0v) is 15.4. The molecule has 1 unspecified atom stereocenters. The molecule has 0 bridgehead atoms. The molecule has 0 aliphatic rings. The van der Waals surface area contributed by atoms with Crippen molar-refractivity contribution in [3.63, 3.8) is 0 Å². The van der Waals surface area contributed by atoms with Crippen LogP contribution in [0.2, 0.25) is 5.02 Å². The van der Waals surface area contributed by atoms with E-state index in [1.165, 1.54) is 23.3 Å². The highest BCUT2D eigenvalue weighted by Crippen LogP contribution is 2.31. The van der Waals surface area contributed by atoms with Gasteiger partial charge in [0, 0.05) is 27.8 Å². The second kappa shape index (κ2) is 7.44. The molecule has 0 aliphatic carbocycles. The first-order valence-corrected chi connectivity index (χ1v) is 8.33. The van der Waals surface area contributed by atoms with Crippen LogP contribution < -0.4 is 16.6 Å². The van der Waals surface area contributed by atoms with E-state index in [0.717, 1.165) is 10.0 Å². The lowest BCUT2D eigenvalue weighted by molar-refractivity contribution is 0.0572. The molecule has 0 aromatic heterocycles. The van der Waals surface area contributed by atoms with Gasteiger partial charge in [0.25, 0.3) is 0 Å². The van der Waals surface area contributed by atoms with Crippen molar-refractivity contribution in [2.24, 2.45) is 11.6 Å². The number of phenols is 1. The average molecular weight is 413 g/mol. The van der Waals surface area contributed by atoms with Gasteiger partial charge in [-0.2, -0.15) is 0 Å². The quantitative estimate of drug-likeness (QED) is 0.445. The van der Waals surface area contributed by atoms with Gasteiger partial charge in [0.2, 0.25) is 0 Å². The zero-order chi connectivity index (χ0) is 17.9. The van der Waals surface area contributed by atoms with Crippen LogP contribution in [0, 0.1) is 0 Å². The Bertz CT molecular complexity index is 748. The van der Waals surface area contributed by atoms with Crippen LogP contribution in [0.3, 0.4) is 0 Å². The molecule has 0 saturated heterocycles. The second-order valence-corrected chi connectivity index (χ2v) is 7.05. The first-order valence-electron chi connectivity index (χ1n) is 7.16. The Kier molecular flexibility index (Phi) is 5.77. The number of phenolic OH excluding ortho intramolecular Hbond substituents is 1. The summed E-state index contributed by atoms with van der Waals surface area (Å²) in [5, 5.41) is 22.1. The predicted molar refractivity (Wildman–Crippen MR) is 100 cm³/mol. The van der Waals surface area contributed by atoms with Crippen molar-refractivity contribution in [2.45, 2.75) is 18.9 Å². The Morgan fingerprint density at radius 3 is 2.54 bits per heavy atom. The molecule has 6 N–H and O–H groups in total. The van der Waals surface area contributed by atoms with E-state index in [1.807, 2.05) is 24.3 Å². The Labute approximate surface area is 154 Å². The number of hydrazine groups is 1. The van der Waals surface area contributed by atoms with E-state index in [-0.39, 0.29) is 12.2 Å². The molecule has 0 saturated carbocycles. The minimum absolute atomic E-state index is 0.0226. The predicted octanol–water partition coefficient (Wildman–Crippen LogP) is 3.59. The summed E-state index contributed by atoms with van der Waals surface area (Å²) < 4.78 is 0.926. The van der Waals surface area contributed by atoms with Gasteiger partial charge in [0.1, 0.15) is 11.4 Å². The van der Waals surface area contributed by atoms with Gasteiger partial charge in [0.05, 0.1) is 5.60 Å². The number of nitrogens with zero attached hydrogens (tertiary/aromatic N) is 1. The van der Waals surface area contributed by atoms with Crippen molar-refractivity contribution in [2.75, 3.05) is 5.01 Å². The number of hydrogen-bond donors (Lipinski definition) is 4. The molecule has 1 atom stereocenters. The van der Waals surface area contributed by atoms with Crippen LogP contribution in [0.4, 0.5) is 5.69 Å². The Balaban J connectivity index is 2.18. The van der Waals surface area contributed by atoms with E-state index >= 15 is 0 Å². The van der Waals surface area contributed by atoms with E-state index in [2.05, 4.69) is 15.9 Å². The molecule has 0 spiro atoms. The van der Waals surface area contributed by atoms with Gasteiger partial charge < -0.3 is 15.9 Å². The normalized spacial score (nSPS) is 14.3. The summed E-state index contributed by atoms with van der Waals surface area (Å²) in [6.07, 6.45) is 1.61. The molecule has 0 aliphatic heterocycles. The molecule has 0 radical (unpaired) electrons. The molecule has 2 rings (SSSR count). The van der Waals surface area contributed by atoms with E-state index in [4.69, 9.17) is 23.2 Å². The molecule has 7 heteroatoms. The van der Waals surface area contributed by atoms with Gasteiger partial charge in [-0.25, -0.2) is 5.84 Å². The number of aromatic hydroxyl groups is 1. The van der Waals surface area contributed by atoms with Gasteiger partial charge in [-0.05, 0) is 42.8 Å². The summed E-state index contributed by atoms with van der Waals surface area (Å²) in [7, 11) is 0. The SMILES string of the molecule is CC(O)(C/C(N)=C/N(N)c1cc(Cl)ccc1O)c1ccc(Br)cc1. The number of halogens is 2. The van der Waals surface area contributed by atoms with Crippen LogP contribution in [0.5, 0.6) is 5.75 Å². The summed E-state index contributed by atoms with van der Waals surface area (Å²) in [5.74, 6) is 5.89. The van der Waals surface area contributed by atoms with Gasteiger partial charge in [-0.3, -0.25) is 5.01 Å². The highest BCUT2D eigenvalue weighted by Gasteiger charge is 2.24. The van der Waals surface area contributed by atoms with Crippen molar-refractivity contribution in [1.82, 2.24) is 0 Å². The Morgan fingerprint density at radius 1 is 1.29 bits per heavy atom. The third-order valence-corrected chi connectivity index (χ3v) is 4.30. The molecule has 24 heavy (non-hydrogen) atoms.